The summed E-state index contributed by atoms with van der Waals surface area (Å²) in [6, 6.07) is 13.6. The Bertz CT molecular complexity index is 868. The van der Waals surface area contributed by atoms with E-state index < -0.39 is 0 Å². The SMILES string of the molecule is O=C1CCCN1c1cccc(NC(=O)N2CCCC[C@@H]2c2ccc(F)cc2)c1. The van der Waals surface area contributed by atoms with Crippen LogP contribution in [0, 0.1) is 5.82 Å². The van der Waals surface area contributed by atoms with Crippen molar-refractivity contribution in [2.45, 2.75) is 38.1 Å². The van der Waals surface area contributed by atoms with Gasteiger partial charge in [-0.05, 0) is 61.6 Å². The Morgan fingerprint density at radius 3 is 2.61 bits per heavy atom. The molecule has 146 valence electrons. The summed E-state index contributed by atoms with van der Waals surface area (Å²) in [6.07, 6.45) is 4.29. The minimum absolute atomic E-state index is 0.0577. The van der Waals surface area contributed by atoms with Crippen LogP contribution < -0.4 is 10.2 Å². The third-order valence-electron chi connectivity index (χ3n) is 5.50. The van der Waals surface area contributed by atoms with E-state index in [1.54, 1.807) is 17.0 Å². The third-order valence-corrected chi connectivity index (χ3v) is 5.50. The highest BCUT2D eigenvalue weighted by Crippen LogP contribution is 2.32. The van der Waals surface area contributed by atoms with E-state index in [0.717, 1.165) is 43.5 Å². The second-order valence-electron chi connectivity index (χ2n) is 7.39. The zero-order chi connectivity index (χ0) is 19.5. The van der Waals surface area contributed by atoms with Crippen LogP contribution in [-0.4, -0.2) is 29.9 Å². The van der Waals surface area contributed by atoms with Crippen LogP contribution in [0.25, 0.3) is 0 Å². The number of piperidine rings is 1. The average Bonchev–Trinajstić information content (AvgIpc) is 3.15. The van der Waals surface area contributed by atoms with Crippen LogP contribution in [0.4, 0.5) is 20.6 Å². The second kappa shape index (κ2) is 8.00. The van der Waals surface area contributed by atoms with Crippen molar-refractivity contribution in [3.05, 3.63) is 59.9 Å². The van der Waals surface area contributed by atoms with Crippen molar-refractivity contribution >= 4 is 23.3 Å². The Balaban J connectivity index is 1.50. The number of carbonyl (C=O) groups is 2. The average molecular weight is 381 g/mol. The fraction of sp³-hybridized carbons (Fsp3) is 0.364. The van der Waals surface area contributed by atoms with Gasteiger partial charge in [0.15, 0.2) is 0 Å². The highest BCUT2D eigenvalue weighted by molar-refractivity contribution is 5.96. The quantitative estimate of drug-likeness (QED) is 0.837. The number of carbonyl (C=O) groups excluding carboxylic acids is 2. The molecular formula is C22H24FN3O2. The third kappa shape index (κ3) is 3.86. The van der Waals surface area contributed by atoms with Crippen molar-refractivity contribution in [2.24, 2.45) is 0 Å². The first-order valence-corrected chi connectivity index (χ1v) is 9.85. The van der Waals surface area contributed by atoms with E-state index in [9.17, 15) is 14.0 Å². The zero-order valence-corrected chi connectivity index (χ0v) is 15.7. The number of nitrogens with zero attached hydrogens (tertiary/aromatic N) is 2. The maximum absolute atomic E-state index is 13.3. The first-order valence-electron chi connectivity index (χ1n) is 9.85. The molecule has 0 unspecified atom stereocenters. The van der Waals surface area contributed by atoms with Crippen LogP contribution in [0.2, 0.25) is 0 Å². The molecule has 0 spiro atoms. The molecule has 1 atom stereocenters. The molecule has 2 fully saturated rings. The van der Waals surface area contributed by atoms with E-state index >= 15 is 0 Å². The molecule has 2 heterocycles. The van der Waals surface area contributed by atoms with Gasteiger partial charge in [0.05, 0.1) is 6.04 Å². The van der Waals surface area contributed by atoms with E-state index in [4.69, 9.17) is 0 Å². The lowest BCUT2D eigenvalue weighted by molar-refractivity contribution is -0.117. The normalized spacial score (nSPS) is 19.8. The van der Waals surface area contributed by atoms with Crippen LogP contribution >= 0.6 is 0 Å². The van der Waals surface area contributed by atoms with E-state index in [-0.39, 0.29) is 23.8 Å². The molecule has 2 aliphatic rings. The van der Waals surface area contributed by atoms with Gasteiger partial charge in [-0.15, -0.1) is 0 Å². The molecule has 2 aromatic carbocycles. The van der Waals surface area contributed by atoms with Crippen LogP contribution in [0.15, 0.2) is 48.5 Å². The molecule has 0 aromatic heterocycles. The molecular weight excluding hydrogens is 357 g/mol. The molecule has 4 rings (SSSR count). The minimum atomic E-state index is -0.274. The van der Waals surface area contributed by atoms with Crippen molar-refractivity contribution in [3.8, 4) is 0 Å². The summed E-state index contributed by atoms with van der Waals surface area (Å²) >= 11 is 0. The molecule has 0 radical (unpaired) electrons. The number of rotatable bonds is 3. The predicted molar refractivity (Wildman–Crippen MR) is 107 cm³/mol. The van der Waals surface area contributed by atoms with E-state index in [0.29, 0.717) is 18.7 Å². The van der Waals surface area contributed by atoms with E-state index in [1.807, 2.05) is 29.2 Å². The van der Waals surface area contributed by atoms with Gasteiger partial charge in [-0.2, -0.15) is 0 Å². The summed E-state index contributed by atoms with van der Waals surface area (Å²) in [5.41, 5.74) is 2.44. The number of halogens is 1. The van der Waals surface area contributed by atoms with Gasteiger partial charge in [-0.3, -0.25) is 4.79 Å². The summed E-state index contributed by atoms with van der Waals surface area (Å²) in [7, 11) is 0. The number of amides is 3. The fourth-order valence-electron chi connectivity index (χ4n) is 4.07. The highest BCUT2D eigenvalue weighted by Gasteiger charge is 2.28. The van der Waals surface area contributed by atoms with Gasteiger partial charge in [0, 0.05) is 30.9 Å². The summed E-state index contributed by atoms with van der Waals surface area (Å²) < 4.78 is 13.3. The summed E-state index contributed by atoms with van der Waals surface area (Å²) in [4.78, 5) is 28.5. The van der Waals surface area contributed by atoms with Crippen molar-refractivity contribution in [1.29, 1.82) is 0 Å². The first-order chi connectivity index (χ1) is 13.6. The zero-order valence-electron chi connectivity index (χ0n) is 15.7. The molecule has 2 saturated heterocycles. The molecule has 28 heavy (non-hydrogen) atoms. The van der Waals surface area contributed by atoms with Crippen LogP contribution in [0.1, 0.15) is 43.7 Å². The van der Waals surface area contributed by atoms with Gasteiger partial charge in [0.2, 0.25) is 5.91 Å². The maximum Gasteiger partial charge on any atom is 0.322 e. The Kier molecular flexibility index (Phi) is 5.28. The van der Waals surface area contributed by atoms with Gasteiger partial charge < -0.3 is 15.1 Å². The first kappa shape index (κ1) is 18.5. The number of anilines is 2. The smallest absolute Gasteiger partial charge is 0.317 e. The molecule has 3 amide bonds. The lowest BCUT2D eigenvalue weighted by Gasteiger charge is -2.36. The number of urea groups is 1. The van der Waals surface area contributed by atoms with Crippen LogP contribution in [-0.2, 0) is 4.79 Å². The predicted octanol–water partition coefficient (Wildman–Crippen LogP) is 4.71. The number of hydrogen-bond donors (Lipinski definition) is 1. The molecule has 0 saturated carbocycles. The molecule has 0 aliphatic carbocycles. The van der Waals surface area contributed by atoms with Gasteiger partial charge in [0.1, 0.15) is 5.82 Å². The monoisotopic (exact) mass is 381 g/mol. The number of benzene rings is 2. The number of hydrogen-bond acceptors (Lipinski definition) is 2. The summed E-state index contributed by atoms with van der Waals surface area (Å²) in [5.74, 6) is -0.153. The Hall–Kier alpha value is -2.89. The number of nitrogens with one attached hydrogen (secondary N) is 1. The van der Waals surface area contributed by atoms with Crippen molar-refractivity contribution in [1.82, 2.24) is 4.90 Å². The molecule has 6 heteroatoms. The molecule has 2 aliphatic heterocycles. The summed E-state index contributed by atoms with van der Waals surface area (Å²) in [5, 5.41) is 2.98. The molecule has 5 nitrogen and oxygen atoms in total. The lowest BCUT2D eigenvalue weighted by atomic mass is 9.95. The van der Waals surface area contributed by atoms with Gasteiger partial charge >= 0.3 is 6.03 Å². The van der Waals surface area contributed by atoms with Crippen LogP contribution in [0.3, 0.4) is 0 Å². The Labute approximate surface area is 164 Å². The highest BCUT2D eigenvalue weighted by atomic mass is 19.1. The molecule has 1 N–H and O–H groups in total. The van der Waals surface area contributed by atoms with Gasteiger partial charge in [-0.1, -0.05) is 18.2 Å². The largest absolute Gasteiger partial charge is 0.322 e. The Morgan fingerprint density at radius 2 is 1.86 bits per heavy atom. The van der Waals surface area contributed by atoms with E-state index in [2.05, 4.69) is 5.32 Å². The topological polar surface area (TPSA) is 52.7 Å². The van der Waals surface area contributed by atoms with Crippen LogP contribution in [0.5, 0.6) is 0 Å². The van der Waals surface area contributed by atoms with Gasteiger partial charge in [-0.25, -0.2) is 9.18 Å². The van der Waals surface area contributed by atoms with Crippen molar-refractivity contribution in [3.63, 3.8) is 0 Å². The Morgan fingerprint density at radius 1 is 1.04 bits per heavy atom. The maximum atomic E-state index is 13.3. The second-order valence-corrected chi connectivity index (χ2v) is 7.39. The molecule has 2 aromatic rings. The lowest BCUT2D eigenvalue weighted by Crippen LogP contribution is -2.41. The standard InChI is InChI=1S/C22H24FN3O2/c23-17-11-9-16(10-12-17)20-7-1-2-13-26(20)22(28)24-18-5-3-6-19(15-18)25-14-4-8-21(25)27/h3,5-6,9-12,15,20H,1-2,4,7-8,13-14H2,(H,24,28)/t20-/m1/s1. The molecule has 0 bridgehead atoms. The number of likely N-dealkylation sites (tertiary alicyclic amines) is 1. The van der Waals surface area contributed by atoms with Gasteiger partial charge in [0.25, 0.3) is 0 Å². The fourth-order valence-corrected chi connectivity index (χ4v) is 4.07. The summed E-state index contributed by atoms with van der Waals surface area (Å²) in [6.45, 7) is 1.38. The van der Waals surface area contributed by atoms with E-state index in [1.165, 1.54) is 12.1 Å². The van der Waals surface area contributed by atoms with Crippen molar-refractivity contribution in [2.75, 3.05) is 23.3 Å². The van der Waals surface area contributed by atoms with Crippen molar-refractivity contribution < 1.29 is 14.0 Å². The minimum Gasteiger partial charge on any atom is -0.317 e.